The van der Waals surface area contributed by atoms with Crippen LogP contribution in [-0.2, 0) is 22.4 Å². The van der Waals surface area contributed by atoms with E-state index >= 15 is 0 Å². The van der Waals surface area contributed by atoms with Crippen LogP contribution in [0.1, 0.15) is 17.5 Å². The van der Waals surface area contributed by atoms with Crippen molar-refractivity contribution in [2.24, 2.45) is 0 Å². The quantitative estimate of drug-likeness (QED) is 0.831. The van der Waals surface area contributed by atoms with Gasteiger partial charge in [0.2, 0.25) is 0 Å². The molecule has 3 rings (SSSR count). The number of aliphatic hydroxyl groups excluding tert-OH is 1. The predicted molar refractivity (Wildman–Crippen MR) is 77.3 cm³/mol. The lowest BCUT2D eigenvalue weighted by atomic mass is 10.1. The van der Waals surface area contributed by atoms with Crippen LogP contribution in [0.25, 0.3) is 0 Å². The Labute approximate surface area is 124 Å². The van der Waals surface area contributed by atoms with Gasteiger partial charge in [0.05, 0.1) is 19.8 Å². The van der Waals surface area contributed by atoms with E-state index in [0.29, 0.717) is 13.0 Å². The Kier molecular flexibility index (Phi) is 4.12. The highest BCUT2D eigenvalue weighted by Crippen LogP contribution is 2.26. The van der Waals surface area contributed by atoms with E-state index in [9.17, 15) is 9.90 Å². The van der Waals surface area contributed by atoms with Crippen molar-refractivity contribution in [2.45, 2.75) is 31.4 Å². The number of rotatable bonds is 4. The first kappa shape index (κ1) is 14.4. The van der Waals surface area contributed by atoms with Crippen LogP contribution >= 0.6 is 0 Å². The smallest absolute Gasteiger partial charge is 0.323 e. The molecule has 21 heavy (non-hydrogen) atoms. The molecule has 1 saturated heterocycles. The molecule has 2 aliphatic rings. The van der Waals surface area contributed by atoms with E-state index < -0.39 is 6.10 Å². The second-order valence-corrected chi connectivity index (χ2v) is 5.71. The topological polar surface area (TPSA) is 59.0 Å². The molecule has 5 heteroatoms. The molecule has 0 aromatic heterocycles. The van der Waals surface area contributed by atoms with Crippen LogP contribution in [-0.4, -0.2) is 54.9 Å². The monoisotopic (exact) mass is 291 g/mol. The Morgan fingerprint density at radius 2 is 2.38 bits per heavy atom. The molecule has 0 bridgehead atoms. The lowest BCUT2D eigenvalue weighted by molar-refractivity contribution is -0.145. The minimum atomic E-state index is -0.442. The number of hydrogen-bond donors (Lipinski definition) is 1. The predicted octanol–water partition coefficient (Wildman–Crippen LogP) is 0.772. The first-order valence-electron chi connectivity index (χ1n) is 7.42. The SMILES string of the molecule is COC(=O)[C@H]1C[C@@H](O)CN1CCc1ccc2c(c1)CCO2. The number of fused-ring (bicyclic) bond motifs is 1. The molecule has 0 saturated carbocycles. The lowest BCUT2D eigenvalue weighted by Crippen LogP contribution is -2.38. The molecule has 114 valence electrons. The van der Waals surface area contributed by atoms with Crippen LogP contribution < -0.4 is 4.74 Å². The molecule has 2 atom stereocenters. The summed E-state index contributed by atoms with van der Waals surface area (Å²) in [7, 11) is 1.39. The Morgan fingerprint density at radius 1 is 1.52 bits per heavy atom. The van der Waals surface area contributed by atoms with Gasteiger partial charge in [-0.3, -0.25) is 9.69 Å². The van der Waals surface area contributed by atoms with Gasteiger partial charge < -0.3 is 14.6 Å². The average Bonchev–Trinajstić information content (AvgIpc) is 3.09. The lowest BCUT2D eigenvalue weighted by Gasteiger charge is -2.21. The van der Waals surface area contributed by atoms with E-state index in [-0.39, 0.29) is 12.0 Å². The number of likely N-dealkylation sites (tertiary alicyclic amines) is 1. The van der Waals surface area contributed by atoms with Gasteiger partial charge in [-0.25, -0.2) is 0 Å². The fraction of sp³-hybridized carbons (Fsp3) is 0.562. The summed E-state index contributed by atoms with van der Waals surface area (Å²) in [4.78, 5) is 13.8. The van der Waals surface area contributed by atoms with E-state index in [4.69, 9.17) is 9.47 Å². The number of benzene rings is 1. The third kappa shape index (κ3) is 3.04. The van der Waals surface area contributed by atoms with Gasteiger partial charge in [0.25, 0.3) is 0 Å². The van der Waals surface area contributed by atoms with Gasteiger partial charge in [0.15, 0.2) is 0 Å². The molecule has 0 radical (unpaired) electrons. The van der Waals surface area contributed by atoms with Gasteiger partial charge in [-0.2, -0.15) is 0 Å². The summed E-state index contributed by atoms with van der Waals surface area (Å²) >= 11 is 0. The summed E-state index contributed by atoms with van der Waals surface area (Å²) in [6, 6.07) is 5.96. The minimum absolute atomic E-state index is 0.256. The molecule has 1 aromatic rings. The number of methoxy groups -OCH3 is 1. The third-order valence-corrected chi connectivity index (χ3v) is 4.30. The number of nitrogens with zero attached hydrogens (tertiary/aromatic N) is 1. The van der Waals surface area contributed by atoms with Gasteiger partial charge in [-0.1, -0.05) is 12.1 Å². The average molecular weight is 291 g/mol. The van der Waals surface area contributed by atoms with Crippen molar-refractivity contribution < 1.29 is 19.4 Å². The van der Waals surface area contributed by atoms with Crippen molar-refractivity contribution in [2.75, 3.05) is 26.8 Å². The Hall–Kier alpha value is -1.59. The number of esters is 1. The summed E-state index contributed by atoms with van der Waals surface area (Å²) in [5.74, 6) is 0.733. The van der Waals surface area contributed by atoms with Crippen molar-refractivity contribution >= 4 is 5.97 Å². The van der Waals surface area contributed by atoms with Crippen molar-refractivity contribution in [1.29, 1.82) is 0 Å². The van der Waals surface area contributed by atoms with Crippen molar-refractivity contribution in [3.05, 3.63) is 29.3 Å². The molecule has 1 fully saturated rings. The summed E-state index contributed by atoms with van der Waals surface area (Å²) in [6.45, 7) is 2.05. The van der Waals surface area contributed by atoms with Crippen molar-refractivity contribution in [1.82, 2.24) is 4.90 Å². The molecule has 2 aliphatic heterocycles. The normalized spacial score (nSPS) is 24.7. The molecule has 2 heterocycles. The van der Waals surface area contributed by atoms with Crippen LogP contribution in [0.2, 0.25) is 0 Å². The van der Waals surface area contributed by atoms with E-state index in [0.717, 1.165) is 31.7 Å². The highest BCUT2D eigenvalue weighted by Gasteiger charge is 2.36. The van der Waals surface area contributed by atoms with Crippen LogP contribution in [0, 0.1) is 0 Å². The molecular weight excluding hydrogens is 270 g/mol. The number of carbonyl (C=O) groups is 1. The molecule has 0 unspecified atom stereocenters. The Balaban J connectivity index is 1.62. The van der Waals surface area contributed by atoms with Gasteiger partial charge in [0.1, 0.15) is 11.8 Å². The van der Waals surface area contributed by atoms with Crippen LogP contribution in [0.5, 0.6) is 5.75 Å². The number of hydrogen-bond acceptors (Lipinski definition) is 5. The van der Waals surface area contributed by atoms with Crippen LogP contribution in [0.4, 0.5) is 0 Å². The first-order chi connectivity index (χ1) is 10.2. The highest BCUT2D eigenvalue weighted by molar-refractivity contribution is 5.76. The second-order valence-electron chi connectivity index (χ2n) is 5.71. The fourth-order valence-electron chi connectivity index (χ4n) is 3.18. The number of β-amino-alcohol motifs (C(OH)–C–C–N with tert-alkyl or cyclic N) is 1. The summed E-state index contributed by atoms with van der Waals surface area (Å²) in [5, 5.41) is 9.77. The van der Waals surface area contributed by atoms with E-state index in [1.165, 1.54) is 18.2 Å². The molecule has 0 amide bonds. The van der Waals surface area contributed by atoms with E-state index in [1.54, 1.807) is 0 Å². The van der Waals surface area contributed by atoms with Crippen molar-refractivity contribution in [3.63, 3.8) is 0 Å². The Morgan fingerprint density at radius 3 is 3.19 bits per heavy atom. The van der Waals surface area contributed by atoms with Crippen molar-refractivity contribution in [3.8, 4) is 5.75 Å². The molecule has 5 nitrogen and oxygen atoms in total. The maximum absolute atomic E-state index is 11.7. The van der Waals surface area contributed by atoms with Gasteiger partial charge in [-0.15, -0.1) is 0 Å². The molecular formula is C16H21NO4. The number of carbonyl (C=O) groups excluding carboxylic acids is 1. The van der Waals surface area contributed by atoms with Gasteiger partial charge >= 0.3 is 5.97 Å². The van der Waals surface area contributed by atoms with Gasteiger partial charge in [0, 0.05) is 25.9 Å². The maximum Gasteiger partial charge on any atom is 0.323 e. The van der Waals surface area contributed by atoms with Crippen LogP contribution in [0.3, 0.4) is 0 Å². The molecule has 0 aliphatic carbocycles. The molecule has 0 spiro atoms. The first-order valence-corrected chi connectivity index (χ1v) is 7.42. The number of ether oxygens (including phenoxy) is 2. The summed E-state index contributed by atoms with van der Waals surface area (Å²) in [5.41, 5.74) is 2.50. The standard InChI is InChI=1S/C16H21NO4/c1-20-16(19)14-9-13(18)10-17(14)6-4-11-2-3-15-12(8-11)5-7-21-15/h2-3,8,13-14,18H,4-7,9-10H2,1H3/t13-,14-/m1/s1. The molecule has 1 N–H and O–H groups in total. The minimum Gasteiger partial charge on any atom is -0.493 e. The van der Waals surface area contributed by atoms with E-state index in [2.05, 4.69) is 12.1 Å². The van der Waals surface area contributed by atoms with Crippen LogP contribution in [0.15, 0.2) is 18.2 Å². The second kappa shape index (κ2) is 6.03. The van der Waals surface area contributed by atoms with E-state index in [1.807, 2.05) is 11.0 Å². The summed E-state index contributed by atoms with van der Waals surface area (Å²) in [6.07, 6.45) is 1.84. The zero-order chi connectivity index (χ0) is 14.8. The Bertz CT molecular complexity index is 531. The third-order valence-electron chi connectivity index (χ3n) is 4.30. The maximum atomic E-state index is 11.7. The zero-order valence-corrected chi connectivity index (χ0v) is 12.2. The van der Waals surface area contributed by atoms with Gasteiger partial charge in [-0.05, 0) is 23.6 Å². The fourth-order valence-corrected chi connectivity index (χ4v) is 3.18. The largest absolute Gasteiger partial charge is 0.493 e. The summed E-state index contributed by atoms with van der Waals surface area (Å²) < 4.78 is 10.3. The molecule has 1 aromatic carbocycles. The highest BCUT2D eigenvalue weighted by atomic mass is 16.5. The number of aliphatic hydroxyl groups is 1. The zero-order valence-electron chi connectivity index (χ0n) is 12.2.